The molecule has 0 bridgehead atoms. The number of unbranched alkanes of at least 4 members (excludes halogenated alkanes) is 1. The molecule has 4 aromatic rings. The van der Waals surface area contributed by atoms with Crippen LogP contribution in [0.15, 0.2) is 72.8 Å². The van der Waals surface area contributed by atoms with Crippen molar-refractivity contribution in [1.29, 1.82) is 0 Å². The van der Waals surface area contributed by atoms with Crippen LogP contribution in [0.1, 0.15) is 12.8 Å². The van der Waals surface area contributed by atoms with Crippen LogP contribution in [0, 0.1) is 0 Å². The summed E-state index contributed by atoms with van der Waals surface area (Å²) in [5.41, 5.74) is 13.2. The SMILES string of the molecule is Nc1ccc2cc(OCCCCOc3ccc4cc(N)ccc4c3)ccc2c1. The molecule has 4 N–H and O–H groups in total. The van der Waals surface area contributed by atoms with Gasteiger partial charge in [0.15, 0.2) is 0 Å². The molecule has 0 heterocycles. The Labute approximate surface area is 164 Å². The second kappa shape index (κ2) is 8.09. The Bertz CT molecular complexity index is 1020. The first kappa shape index (κ1) is 18.0. The first-order chi connectivity index (χ1) is 13.7. The lowest BCUT2D eigenvalue weighted by Gasteiger charge is -2.09. The molecule has 0 amide bonds. The second-order valence-electron chi connectivity index (χ2n) is 6.94. The summed E-state index contributed by atoms with van der Waals surface area (Å²) in [6.45, 7) is 1.33. The molecule has 4 nitrogen and oxygen atoms in total. The van der Waals surface area contributed by atoms with Gasteiger partial charge in [-0.05, 0) is 82.9 Å². The van der Waals surface area contributed by atoms with Crippen LogP contribution >= 0.6 is 0 Å². The molecule has 0 aliphatic rings. The predicted molar refractivity (Wildman–Crippen MR) is 117 cm³/mol. The molecule has 0 aliphatic heterocycles. The highest BCUT2D eigenvalue weighted by molar-refractivity contribution is 5.87. The Morgan fingerprint density at radius 1 is 0.500 bits per heavy atom. The zero-order chi connectivity index (χ0) is 19.3. The molecule has 0 saturated heterocycles. The summed E-state index contributed by atoms with van der Waals surface area (Å²) in [7, 11) is 0. The van der Waals surface area contributed by atoms with E-state index in [0.29, 0.717) is 13.2 Å². The number of hydrogen-bond donors (Lipinski definition) is 2. The van der Waals surface area contributed by atoms with Gasteiger partial charge in [0.25, 0.3) is 0 Å². The van der Waals surface area contributed by atoms with Crippen molar-refractivity contribution >= 4 is 32.9 Å². The molecule has 142 valence electrons. The Morgan fingerprint density at radius 2 is 0.893 bits per heavy atom. The van der Waals surface area contributed by atoms with Gasteiger partial charge in [-0.3, -0.25) is 0 Å². The molecule has 4 heteroatoms. The molecular weight excluding hydrogens is 348 g/mol. The number of rotatable bonds is 7. The Balaban J connectivity index is 1.23. The van der Waals surface area contributed by atoms with Gasteiger partial charge in [-0.1, -0.05) is 24.3 Å². The van der Waals surface area contributed by atoms with Gasteiger partial charge in [-0.25, -0.2) is 0 Å². The molecule has 0 atom stereocenters. The van der Waals surface area contributed by atoms with Crippen LogP contribution in [0.25, 0.3) is 21.5 Å². The summed E-state index contributed by atoms with van der Waals surface area (Å²) in [6, 6.07) is 23.9. The van der Waals surface area contributed by atoms with E-state index in [2.05, 4.69) is 0 Å². The van der Waals surface area contributed by atoms with E-state index in [1.807, 2.05) is 72.8 Å². The number of fused-ring (bicyclic) bond motifs is 2. The standard InChI is InChI=1S/C24H24N2O2/c25-21-7-3-19-15-23(9-5-17(19)13-21)27-11-1-2-12-28-24-10-6-18-14-22(26)8-4-20(18)16-24/h3-10,13-16H,1-2,11-12,25-26H2. The molecule has 0 aromatic heterocycles. The van der Waals surface area contributed by atoms with E-state index in [1.54, 1.807) is 0 Å². The summed E-state index contributed by atoms with van der Waals surface area (Å²) < 4.78 is 11.7. The fourth-order valence-electron chi connectivity index (χ4n) is 3.25. The van der Waals surface area contributed by atoms with Crippen LogP contribution in [0.4, 0.5) is 11.4 Å². The number of ether oxygens (including phenoxy) is 2. The first-order valence-corrected chi connectivity index (χ1v) is 9.52. The molecular formula is C24H24N2O2. The number of nitrogen functional groups attached to an aromatic ring is 2. The minimum absolute atomic E-state index is 0.667. The van der Waals surface area contributed by atoms with Crippen LogP contribution in [0.2, 0.25) is 0 Å². The minimum Gasteiger partial charge on any atom is -0.494 e. The third-order valence-electron chi connectivity index (χ3n) is 4.75. The highest BCUT2D eigenvalue weighted by Crippen LogP contribution is 2.24. The van der Waals surface area contributed by atoms with Crippen molar-refractivity contribution in [2.45, 2.75) is 12.8 Å². The zero-order valence-corrected chi connectivity index (χ0v) is 15.7. The van der Waals surface area contributed by atoms with Crippen LogP contribution in [0.3, 0.4) is 0 Å². The lowest BCUT2D eigenvalue weighted by atomic mass is 10.1. The van der Waals surface area contributed by atoms with E-state index in [4.69, 9.17) is 20.9 Å². The lowest BCUT2D eigenvalue weighted by Crippen LogP contribution is -2.02. The number of hydrogen-bond acceptors (Lipinski definition) is 4. The van der Waals surface area contributed by atoms with Gasteiger partial charge in [0, 0.05) is 11.4 Å². The highest BCUT2D eigenvalue weighted by Gasteiger charge is 2.01. The zero-order valence-electron chi connectivity index (χ0n) is 15.7. The van der Waals surface area contributed by atoms with Crippen LogP contribution in [0.5, 0.6) is 11.5 Å². The smallest absolute Gasteiger partial charge is 0.119 e. The second-order valence-corrected chi connectivity index (χ2v) is 6.94. The molecule has 28 heavy (non-hydrogen) atoms. The number of benzene rings is 4. The van der Waals surface area contributed by atoms with E-state index < -0.39 is 0 Å². The van der Waals surface area contributed by atoms with Crippen molar-refractivity contribution in [2.24, 2.45) is 0 Å². The normalized spacial score (nSPS) is 11.0. The van der Waals surface area contributed by atoms with Crippen molar-refractivity contribution in [2.75, 3.05) is 24.7 Å². The van der Waals surface area contributed by atoms with Crippen molar-refractivity contribution in [3.05, 3.63) is 72.8 Å². The molecule has 0 unspecified atom stereocenters. The average molecular weight is 372 g/mol. The number of nitrogens with two attached hydrogens (primary N) is 2. The summed E-state index contributed by atoms with van der Waals surface area (Å²) in [6.07, 6.45) is 1.87. The maximum atomic E-state index is 5.87. The summed E-state index contributed by atoms with van der Waals surface area (Å²) >= 11 is 0. The molecule has 0 fully saturated rings. The van der Waals surface area contributed by atoms with Crippen molar-refractivity contribution < 1.29 is 9.47 Å². The Morgan fingerprint density at radius 3 is 1.36 bits per heavy atom. The van der Waals surface area contributed by atoms with E-state index in [0.717, 1.165) is 57.3 Å². The van der Waals surface area contributed by atoms with Crippen LogP contribution in [-0.2, 0) is 0 Å². The van der Waals surface area contributed by atoms with Gasteiger partial charge in [0.1, 0.15) is 11.5 Å². The lowest BCUT2D eigenvalue weighted by molar-refractivity contribution is 0.267. The van der Waals surface area contributed by atoms with Gasteiger partial charge in [-0.2, -0.15) is 0 Å². The quantitative estimate of drug-likeness (QED) is 0.337. The largest absolute Gasteiger partial charge is 0.494 e. The molecule has 0 saturated carbocycles. The van der Waals surface area contributed by atoms with Crippen molar-refractivity contribution in [1.82, 2.24) is 0 Å². The van der Waals surface area contributed by atoms with E-state index >= 15 is 0 Å². The minimum atomic E-state index is 0.667. The Hall–Kier alpha value is -3.40. The topological polar surface area (TPSA) is 70.5 Å². The van der Waals surface area contributed by atoms with E-state index in [-0.39, 0.29) is 0 Å². The van der Waals surface area contributed by atoms with E-state index in [1.165, 1.54) is 0 Å². The maximum absolute atomic E-state index is 5.87. The number of anilines is 2. The summed E-state index contributed by atoms with van der Waals surface area (Å²) in [5.74, 6) is 1.76. The molecule has 0 radical (unpaired) electrons. The van der Waals surface area contributed by atoms with E-state index in [9.17, 15) is 0 Å². The monoisotopic (exact) mass is 372 g/mol. The first-order valence-electron chi connectivity index (χ1n) is 9.52. The molecule has 0 spiro atoms. The molecule has 0 aliphatic carbocycles. The Kier molecular flexibility index (Phi) is 5.20. The molecule has 4 aromatic carbocycles. The van der Waals surface area contributed by atoms with Gasteiger partial charge < -0.3 is 20.9 Å². The fraction of sp³-hybridized carbons (Fsp3) is 0.167. The molecule has 4 rings (SSSR count). The van der Waals surface area contributed by atoms with Gasteiger partial charge in [0.05, 0.1) is 13.2 Å². The summed E-state index contributed by atoms with van der Waals surface area (Å²) in [5, 5.41) is 4.51. The highest BCUT2D eigenvalue weighted by atomic mass is 16.5. The van der Waals surface area contributed by atoms with Crippen LogP contribution < -0.4 is 20.9 Å². The third kappa shape index (κ3) is 4.29. The van der Waals surface area contributed by atoms with Gasteiger partial charge in [0.2, 0.25) is 0 Å². The van der Waals surface area contributed by atoms with Crippen molar-refractivity contribution in [3.8, 4) is 11.5 Å². The van der Waals surface area contributed by atoms with Crippen molar-refractivity contribution in [3.63, 3.8) is 0 Å². The van der Waals surface area contributed by atoms with Gasteiger partial charge >= 0.3 is 0 Å². The van der Waals surface area contributed by atoms with Crippen LogP contribution in [-0.4, -0.2) is 13.2 Å². The van der Waals surface area contributed by atoms with Gasteiger partial charge in [-0.15, -0.1) is 0 Å². The average Bonchev–Trinajstić information content (AvgIpc) is 2.70. The summed E-state index contributed by atoms with van der Waals surface area (Å²) in [4.78, 5) is 0. The third-order valence-corrected chi connectivity index (χ3v) is 4.75. The fourth-order valence-corrected chi connectivity index (χ4v) is 3.25. The maximum Gasteiger partial charge on any atom is 0.119 e. The predicted octanol–water partition coefficient (Wildman–Crippen LogP) is 5.40.